The van der Waals surface area contributed by atoms with Gasteiger partial charge in [-0.1, -0.05) is 31.2 Å². The van der Waals surface area contributed by atoms with Gasteiger partial charge in [0.2, 0.25) is 0 Å². The van der Waals surface area contributed by atoms with Crippen LogP contribution in [0.3, 0.4) is 0 Å². The van der Waals surface area contributed by atoms with Gasteiger partial charge in [0.15, 0.2) is 0 Å². The van der Waals surface area contributed by atoms with Gasteiger partial charge in [-0.2, -0.15) is 0 Å². The molecule has 1 aliphatic rings. The minimum absolute atomic E-state index is 0.163. The van der Waals surface area contributed by atoms with Gasteiger partial charge in [0, 0.05) is 0 Å². The molecule has 1 aromatic rings. The first-order chi connectivity index (χ1) is 9.26. The normalized spacial score (nSPS) is 16.1. The molecule has 1 fully saturated rings. The fraction of sp³-hybridized carbons (Fsp3) is 0.562. The molecule has 0 heterocycles. The minimum Gasteiger partial charge on any atom is -0.465 e. The first kappa shape index (κ1) is 14.1. The zero-order chi connectivity index (χ0) is 13.7. The first-order valence-electron chi connectivity index (χ1n) is 7.24. The molecule has 1 aromatic carbocycles. The summed E-state index contributed by atoms with van der Waals surface area (Å²) in [5.41, 5.74) is 2.27. The van der Waals surface area contributed by atoms with E-state index in [2.05, 4.69) is 18.3 Å². The summed E-state index contributed by atoms with van der Waals surface area (Å²) in [6.45, 7) is 5.29. The minimum atomic E-state index is -0.323. The Morgan fingerprint density at radius 2 is 2.11 bits per heavy atom. The number of nitrogens with one attached hydrogen (secondary N) is 1. The molecule has 19 heavy (non-hydrogen) atoms. The second kappa shape index (κ2) is 6.71. The maximum absolute atomic E-state index is 12.2. The Balaban J connectivity index is 2.15. The van der Waals surface area contributed by atoms with Crippen molar-refractivity contribution in [3.8, 4) is 0 Å². The number of hydrogen-bond donors (Lipinski definition) is 1. The number of benzene rings is 1. The highest BCUT2D eigenvalue weighted by Gasteiger charge is 2.27. The predicted molar refractivity (Wildman–Crippen MR) is 75.9 cm³/mol. The van der Waals surface area contributed by atoms with Crippen LogP contribution >= 0.6 is 0 Å². The highest BCUT2D eigenvalue weighted by Crippen LogP contribution is 2.29. The maximum atomic E-state index is 12.2. The molecule has 0 amide bonds. The van der Waals surface area contributed by atoms with Gasteiger partial charge < -0.3 is 10.1 Å². The molecule has 2 rings (SSSR count). The Bertz CT molecular complexity index is 427. The van der Waals surface area contributed by atoms with Gasteiger partial charge in [-0.25, -0.2) is 4.79 Å². The van der Waals surface area contributed by atoms with Crippen LogP contribution in [0, 0.1) is 5.92 Å². The van der Waals surface area contributed by atoms with Gasteiger partial charge in [0.25, 0.3) is 0 Å². The van der Waals surface area contributed by atoms with E-state index in [-0.39, 0.29) is 12.0 Å². The topological polar surface area (TPSA) is 38.3 Å². The third-order valence-corrected chi connectivity index (χ3v) is 3.58. The van der Waals surface area contributed by atoms with Crippen LogP contribution in [0.5, 0.6) is 0 Å². The zero-order valence-corrected chi connectivity index (χ0v) is 11.8. The van der Waals surface area contributed by atoms with E-state index >= 15 is 0 Å². The van der Waals surface area contributed by atoms with Crippen molar-refractivity contribution in [3.05, 3.63) is 35.4 Å². The van der Waals surface area contributed by atoms with Crippen molar-refractivity contribution in [3.63, 3.8) is 0 Å². The quantitative estimate of drug-likeness (QED) is 0.767. The summed E-state index contributed by atoms with van der Waals surface area (Å²) < 4.78 is 5.21. The summed E-state index contributed by atoms with van der Waals surface area (Å²) in [5.74, 6) is 0.578. The van der Waals surface area contributed by atoms with Crippen LogP contribution in [-0.2, 0) is 16.0 Å². The fourth-order valence-electron chi connectivity index (χ4n) is 2.29. The van der Waals surface area contributed by atoms with Crippen LogP contribution in [0.2, 0.25) is 0 Å². The van der Waals surface area contributed by atoms with E-state index in [9.17, 15) is 4.79 Å². The lowest BCUT2D eigenvalue weighted by Crippen LogP contribution is -2.32. The van der Waals surface area contributed by atoms with Gasteiger partial charge in [0.1, 0.15) is 6.04 Å². The van der Waals surface area contributed by atoms with Gasteiger partial charge in [-0.05, 0) is 49.8 Å². The van der Waals surface area contributed by atoms with Gasteiger partial charge in [-0.3, -0.25) is 0 Å². The molecule has 0 saturated heterocycles. The lowest BCUT2D eigenvalue weighted by molar-refractivity contribution is -0.145. The average molecular weight is 261 g/mol. The molecule has 0 radical (unpaired) electrons. The van der Waals surface area contributed by atoms with E-state index in [1.807, 2.05) is 25.1 Å². The molecule has 0 bridgehead atoms. The molecular formula is C16H23NO2. The summed E-state index contributed by atoms with van der Waals surface area (Å²) in [4.78, 5) is 12.2. The van der Waals surface area contributed by atoms with Crippen LogP contribution in [0.15, 0.2) is 24.3 Å². The zero-order valence-electron chi connectivity index (χ0n) is 11.8. The molecular weight excluding hydrogens is 238 g/mol. The van der Waals surface area contributed by atoms with E-state index in [0.717, 1.165) is 24.4 Å². The van der Waals surface area contributed by atoms with Crippen molar-refractivity contribution >= 4 is 5.97 Å². The molecule has 1 atom stereocenters. The Hall–Kier alpha value is -1.35. The van der Waals surface area contributed by atoms with Crippen molar-refractivity contribution in [2.24, 2.45) is 5.92 Å². The molecule has 1 aliphatic carbocycles. The standard InChI is InChI=1S/C16H23NO2/c1-3-13-7-5-6-8-14(13)15(16(18)19-4-2)17-11-12-9-10-12/h5-8,12,15,17H,3-4,9-11H2,1-2H3. The van der Waals surface area contributed by atoms with Crippen molar-refractivity contribution in [1.82, 2.24) is 5.32 Å². The monoisotopic (exact) mass is 261 g/mol. The molecule has 0 aromatic heterocycles. The highest BCUT2D eigenvalue weighted by molar-refractivity contribution is 5.78. The Kier molecular flexibility index (Phi) is 4.97. The van der Waals surface area contributed by atoms with Crippen molar-refractivity contribution in [1.29, 1.82) is 0 Å². The number of aryl methyl sites for hydroxylation is 1. The van der Waals surface area contributed by atoms with Crippen LogP contribution in [0.4, 0.5) is 0 Å². The third kappa shape index (κ3) is 3.80. The van der Waals surface area contributed by atoms with Crippen LogP contribution in [0.1, 0.15) is 43.9 Å². The van der Waals surface area contributed by atoms with Crippen molar-refractivity contribution < 1.29 is 9.53 Å². The molecule has 104 valence electrons. The number of hydrogen-bond acceptors (Lipinski definition) is 3. The second-order valence-electron chi connectivity index (χ2n) is 5.09. The predicted octanol–water partition coefficient (Wildman–Crippen LogP) is 2.85. The molecule has 0 aliphatic heterocycles. The Labute approximate surface area is 115 Å². The summed E-state index contributed by atoms with van der Waals surface area (Å²) in [6, 6.07) is 7.79. The SMILES string of the molecule is CCOC(=O)C(NCC1CC1)c1ccccc1CC. The van der Waals surface area contributed by atoms with E-state index in [1.54, 1.807) is 0 Å². The van der Waals surface area contributed by atoms with Gasteiger partial charge in [0.05, 0.1) is 6.61 Å². The Morgan fingerprint density at radius 3 is 2.74 bits per heavy atom. The maximum Gasteiger partial charge on any atom is 0.327 e. The molecule has 1 saturated carbocycles. The fourth-order valence-corrected chi connectivity index (χ4v) is 2.29. The lowest BCUT2D eigenvalue weighted by Gasteiger charge is -2.20. The van der Waals surface area contributed by atoms with Gasteiger partial charge in [-0.15, -0.1) is 0 Å². The largest absolute Gasteiger partial charge is 0.465 e. The van der Waals surface area contributed by atoms with E-state index in [0.29, 0.717) is 6.61 Å². The summed E-state index contributed by atoms with van der Waals surface area (Å²) in [7, 11) is 0. The first-order valence-corrected chi connectivity index (χ1v) is 7.24. The highest BCUT2D eigenvalue weighted by atomic mass is 16.5. The van der Waals surface area contributed by atoms with E-state index < -0.39 is 0 Å². The summed E-state index contributed by atoms with van der Waals surface area (Å²) in [6.07, 6.45) is 3.48. The molecule has 3 heteroatoms. The third-order valence-electron chi connectivity index (χ3n) is 3.58. The van der Waals surface area contributed by atoms with E-state index in [4.69, 9.17) is 4.74 Å². The van der Waals surface area contributed by atoms with Crippen LogP contribution < -0.4 is 5.32 Å². The molecule has 3 nitrogen and oxygen atoms in total. The van der Waals surface area contributed by atoms with Crippen LogP contribution in [0.25, 0.3) is 0 Å². The Morgan fingerprint density at radius 1 is 1.37 bits per heavy atom. The number of esters is 1. The number of carbonyl (C=O) groups excluding carboxylic acids is 1. The van der Waals surface area contributed by atoms with Gasteiger partial charge >= 0.3 is 5.97 Å². The molecule has 0 spiro atoms. The molecule has 1 N–H and O–H groups in total. The van der Waals surface area contributed by atoms with Crippen LogP contribution in [-0.4, -0.2) is 19.1 Å². The van der Waals surface area contributed by atoms with E-state index in [1.165, 1.54) is 18.4 Å². The van der Waals surface area contributed by atoms with Crippen molar-refractivity contribution in [2.45, 2.75) is 39.2 Å². The lowest BCUT2D eigenvalue weighted by atomic mass is 9.98. The number of carbonyl (C=O) groups is 1. The smallest absolute Gasteiger partial charge is 0.327 e. The molecule has 1 unspecified atom stereocenters. The second-order valence-corrected chi connectivity index (χ2v) is 5.09. The van der Waals surface area contributed by atoms with Crippen molar-refractivity contribution in [2.75, 3.05) is 13.2 Å². The number of ether oxygens (including phenoxy) is 1. The number of rotatable bonds is 7. The summed E-state index contributed by atoms with van der Waals surface area (Å²) >= 11 is 0. The summed E-state index contributed by atoms with van der Waals surface area (Å²) in [5, 5.41) is 3.38. The average Bonchev–Trinajstić information content (AvgIpc) is 3.24.